The first kappa shape index (κ1) is 52.8. The van der Waals surface area contributed by atoms with E-state index in [9.17, 15) is 20.1 Å². The van der Waals surface area contributed by atoms with Gasteiger partial charge in [0.05, 0.1) is 12.1 Å². The molecule has 0 fully saturated rings. The number of azo groups is 1. The van der Waals surface area contributed by atoms with E-state index in [1.807, 2.05) is 146 Å². The van der Waals surface area contributed by atoms with Gasteiger partial charge in [-0.05, 0) is 124 Å². The summed E-state index contributed by atoms with van der Waals surface area (Å²) in [4.78, 5) is 26.6. The maximum absolute atomic E-state index is 13.3. The van der Waals surface area contributed by atoms with E-state index in [0.717, 1.165) is 20.7 Å². The number of hydrogen-bond acceptors (Lipinski definition) is 12. The number of hydrogen-bond donors (Lipinski definition) is 4. The Hall–Kier alpha value is -9.49. The Kier molecular flexibility index (Phi) is 16.7. The predicted octanol–water partition coefficient (Wildman–Crippen LogP) is 9.43. The minimum atomic E-state index is -3.45. The molecule has 0 aliphatic heterocycles. The number of nitrogen functional groups attached to an aromatic ring is 2. The Morgan fingerprint density at radius 2 is 0.684 bits per heavy atom. The first-order valence-electron chi connectivity index (χ1n) is 24.6. The lowest BCUT2D eigenvalue weighted by Gasteiger charge is -2.32. The average Bonchev–Trinajstić information content (AvgIpc) is 3.46. The normalized spacial score (nSPS) is 12.9. The van der Waals surface area contributed by atoms with Crippen LogP contribution in [-0.4, -0.2) is 40.0 Å². The zero-order valence-electron chi connectivity index (χ0n) is 42.0. The Balaban J connectivity index is 0.867. The SMILES string of the molecule is CC(C#N)(CCC(=O)Nc1ccc(O[Si](Oc2ccc(N)cc2)(c2ccccc2)c2ccccc2)cc1)N=NC(C)(C#N)CCC(=O)Nc1ccc(O[Si](Oc2ccc(N)cc2)(c2ccccc2)c2ccccc2)cc1. The number of nitrogens with zero attached hydrogens (tertiary/aromatic N) is 4. The molecule has 14 nitrogen and oxygen atoms in total. The highest BCUT2D eigenvalue weighted by atomic mass is 28.4. The quantitative estimate of drug-likeness (QED) is 0.0286. The van der Waals surface area contributed by atoms with Gasteiger partial charge in [0.2, 0.25) is 11.8 Å². The fourth-order valence-corrected chi connectivity index (χ4v) is 14.2. The molecule has 8 aromatic carbocycles. The van der Waals surface area contributed by atoms with Gasteiger partial charge in [0, 0.05) is 56.3 Å². The summed E-state index contributed by atoms with van der Waals surface area (Å²) in [6, 6.07) is 71.9. The van der Waals surface area contributed by atoms with Crippen LogP contribution in [0.4, 0.5) is 22.7 Å². The van der Waals surface area contributed by atoms with E-state index in [1.54, 1.807) is 86.6 Å². The molecule has 0 saturated heterocycles. The molecule has 2 atom stereocenters. The van der Waals surface area contributed by atoms with Crippen LogP contribution in [0.1, 0.15) is 39.5 Å². The van der Waals surface area contributed by atoms with Crippen LogP contribution in [-0.2, 0) is 9.59 Å². The van der Waals surface area contributed by atoms with Crippen molar-refractivity contribution in [3.8, 4) is 35.1 Å². The third-order valence-corrected chi connectivity index (χ3v) is 18.8. The molecule has 8 aromatic rings. The highest BCUT2D eigenvalue weighted by molar-refractivity contribution is 6.94. The molecule has 6 N–H and O–H groups in total. The van der Waals surface area contributed by atoms with Crippen LogP contribution in [0.5, 0.6) is 23.0 Å². The van der Waals surface area contributed by atoms with Gasteiger partial charge < -0.3 is 39.8 Å². The molecule has 380 valence electrons. The summed E-state index contributed by atoms with van der Waals surface area (Å²) in [5.74, 6) is 1.54. The van der Waals surface area contributed by atoms with Crippen molar-refractivity contribution in [1.82, 2.24) is 0 Å². The number of nitrogens with one attached hydrogen (secondary N) is 2. The van der Waals surface area contributed by atoms with Crippen molar-refractivity contribution in [1.29, 1.82) is 10.5 Å². The number of rotatable bonds is 22. The molecule has 0 saturated carbocycles. The van der Waals surface area contributed by atoms with Gasteiger partial charge in [-0.1, -0.05) is 121 Å². The lowest BCUT2D eigenvalue weighted by atomic mass is 9.97. The van der Waals surface area contributed by atoms with Crippen LogP contribution in [0, 0.1) is 22.7 Å². The smallest absolute Gasteiger partial charge is 0.506 e. The van der Waals surface area contributed by atoms with Crippen molar-refractivity contribution in [3.05, 3.63) is 218 Å². The number of amides is 2. The van der Waals surface area contributed by atoms with Crippen LogP contribution in [0.3, 0.4) is 0 Å². The molecular formula is C60H56N8O6Si2. The topological polar surface area (TPSA) is 219 Å². The third kappa shape index (κ3) is 13.4. The van der Waals surface area contributed by atoms with Gasteiger partial charge in [-0.2, -0.15) is 20.8 Å². The first-order chi connectivity index (χ1) is 36.8. The van der Waals surface area contributed by atoms with E-state index in [0.29, 0.717) is 45.7 Å². The van der Waals surface area contributed by atoms with E-state index in [2.05, 4.69) is 33.0 Å². The second-order valence-electron chi connectivity index (χ2n) is 18.4. The van der Waals surface area contributed by atoms with E-state index >= 15 is 0 Å². The van der Waals surface area contributed by atoms with E-state index < -0.39 is 28.2 Å². The molecule has 16 heteroatoms. The monoisotopic (exact) mass is 1040 g/mol. The van der Waals surface area contributed by atoms with Crippen LogP contribution in [0.25, 0.3) is 0 Å². The molecule has 76 heavy (non-hydrogen) atoms. The van der Waals surface area contributed by atoms with Gasteiger partial charge in [0.15, 0.2) is 11.1 Å². The van der Waals surface area contributed by atoms with Crippen molar-refractivity contribution in [3.63, 3.8) is 0 Å². The minimum Gasteiger partial charge on any atom is -0.506 e. The van der Waals surface area contributed by atoms with Crippen molar-refractivity contribution in [2.75, 3.05) is 22.1 Å². The molecular weight excluding hydrogens is 985 g/mol. The first-order valence-corrected chi connectivity index (χ1v) is 28.2. The molecule has 0 aromatic heterocycles. The third-order valence-electron chi connectivity index (χ3n) is 12.3. The fourth-order valence-electron chi connectivity index (χ4n) is 8.06. The lowest BCUT2D eigenvalue weighted by molar-refractivity contribution is -0.117. The molecule has 0 aliphatic rings. The molecule has 0 radical (unpaired) electrons. The van der Waals surface area contributed by atoms with Crippen LogP contribution < -0.4 is 60.6 Å². The Labute approximate surface area is 444 Å². The second-order valence-corrected chi connectivity index (χ2v) is 24.0. The summed E-state index contributed by atoms with van der Waals surface area (Å²) in [7, 11) is -6.89. The predicted molar refractivity (Wildman–Crippen MR) is 302 cm³/mol. The highest BCUT2D eigenvalue weighted by Crippen LogP contribution is 2.28. The summed E-state index contributed by atoms with van der Waals surface area (Å²) < 4.78 is 27.5. The van der Waals surface area contributed by atoms with Gasteiger partial charge in [0.25, 0.3) is 0 Å². The van der Waals surface area contributed by atoms with E-state index in [1.165, 1.54) is 0 Å². The zero-order chi connectivity index (χ0) is 53.4. The van der Waals surface area contributed by atoms with Gasteiger partial charge in [-0.3, -0.25) is 9.59 Å². The van der Waals surface area contributed by atoms with Crippen LogP contribution in [0.15, 0.2) is 229 Å². The van der Waals surface area contributed by atoms with Crippen molar-refractivity contribution < 1.29 is 27.3 Å². The summed E-state index contributed by atoms with van der Waals surface area (Å²) in [6.45, 7) is 3.10. The number of benzene rings is 8. The number of carbonyl (C=O) groups excluding carboxylic acids is 2. The molecule has 0 heterocycles. The standard InChI is InChI=1S/C60H56N8O6Si2/c1-59(43-61,41-39-57(69)65-47-27-35-51(36-28-47)73-75(53-15-7-3-8-16-53,54-17-9-4-10-18-54)71-49-31-23-45(63)24-32-49)67-68-60(2,44-62)42-40-58(70)66-48-29-37-52(38-30-48)74-76(55-19-11-5-12-20-55,56-21-13-6-14-22-56)72-50-33-25-46(64)26-34-50/h3-38H,39-42,63-64H2,1-2H3,(H,65,69)(H,66,70). The Morgan fingerprint density at radius 3 is 0.934 bits per heavy atom. The summed E-state index contributed by atoms with van der Waals surface area (Å²) in [6.07, 6.45) is -0.107. The number of carbonyl (C=O) groups is 2. The minimum absolute atomic E-state index is 0.0142. The largest absolute Gasteiger partial charge is 0.531 e. The maximum Gasteiger partial charge on any atom is 0.531 e. The Morgan fingerprint density at radius 1 is 0.434 bits per heavy atom. The Bertz CT molecular complexity index is 3010. The van der Waals surface area contributed by atoms with Gasteiger partial charge in [-0.25, -0.2) is 0 Å². The van der Waals surface area contributed by atoms with Crippen molar-refractivity contribution >= 4 is 72.4 Å². The summed E-state index contributed by atoms with van der Waals surface area (Å²) >= 11 is 0. The van der Waals surface area contributed by atoms with Crippen LogP contribution in [0.2, 0.25) is 0 Å². The van der Waals surface area contributed by atoms with Gasteiger partial charge in [-0.15, -0.1) is 0 Å². The highest BCUT2D eigenvalue weighted by Gasteiger charge is 2.49. The van der Waals surface area contributed by atoms with Gasteiger partial charge in [0.1, 0.15) is 23.0 Å². The van der Waals surface area contributed by atoms with Crippen LogP contribution >= 0.6 is 0 Å². The molecule has 0 aliphatic carbocycles. The second kappa shape index (κ2) is 24.0. The van der Waals surface area contributed by atoms with Crippen molar-refractivity contribution in [2.45, 2.75) is 50.6 Å². The molecule has 0 spiro atoms. The number of nitriles is 2. The summed E-state index contributed by atoms with van der Waals surface area (Å²) in [5, 5.41) is 38.2. The number of anilines is 4. The molecule has 8 rings (SSSR count). The van der Waals surface area contributed by atoms with Gasteiger partial charge >= 0.3 is 17.1 Å². The average molecular weight is 1040 g/mol. The van der Waals surface area contributed by atoms with E-state index in [-0.39, 0.29) is 37.5 Å². The molecule has 0 bridgehead atoms. The summed E-state index contributed by atoms with van der Waals surface area (Å²) in [5.41, 5.74) is 11.4. The maximum atomic E-state index is 13.3. The van der Waals surface area contributed by atoms with Crippen molar-refractivity contribution in [2.24, 2.45) is 10.2 Å². The molecule has 2 amide bonds. The zero-order valence-corrected chi connectivity index (χ0v) is 44.0. The lowest BCUT2D eigenvalue weighted by Crippen LogP contribution is -2.68. The van der Waals surface area contributed by atoms with E-state index in [4.69, 9.17) is 29.2 Å². The number of nitrogens with two attached hydrogens (primary N) is 2. The fraction of sp³-hybridized carbons (Fsp3) is 0.133. The molecule has 2 unspecified atom stereocenters.